The normalized spacial score (nSPS) is 14.8. The van der Waals surface area contributed by atoms with E-state index in [4.69, 9.17) is 9.47 Å². The highest BCUT2D eigenvalue weighted by Crippen LogP contribution is 2.33. The molecule has 0 amide bonds. The van der Waals surface area contributed by atoms with E-state index in [9.17, 15) is 4.79 Å². The van der Waals surface area contributed by atoms with Crippen molar-refractivity contribution in [2.45, 2.75) is 51.9 Å². The zero-order valence-corrected chi connectivity index (χ0v) is 16.2. The highest BCUT2D eigenvalue weighted by molar-refractivity contribution is 5.85. The highest BCUT2D eigenvalue weighted by atomic mass is 16.6. The Hall–Kier alpha value is -2.29. The van der Waals surface area contributed by atoms with Crippen LogP contribution < -0.4 is 9.47 Å². The molecule has 26 heavy (non-hydrogen) atoms. The maximum atomic E-state index is 12.6. The zero-order valence-electron chi connectivity index (χ0n) is 16.2. The van der Waals surface area contributed by atoms with Gasteiger partial charge in [0, 0.05) is 12.3 Å². The van der Waals surface area contributed by atoms with Gasteiger partial charge in [-0.15, -0.1) is 0 Å². The molecular weight excluding hydrogens is 324 g/mol. The number of hydrogen-bond acceptors (Lipinski definition) is 3. The number of Topliss-reactive ketones (excluding diaryl/α,β-unsaturated/α-hetero) is 1. The minimum atomic E-state index is -0.139. The first kappa shape index (κ1) is 18.5. The van der Waals surface area contributed by atoms with Crippen LogP contribution in [0.3, 0.4) is 0 Å². The molecular formula is C23H28O3. The molecule has 0 saturated carbocycles. The van der Waals surface area contributed by atoms with E-state index in [0.717, 1.165) is 23.5 Å². The molecule has 1 unspecified atom stereocenters. The molecule has 0 spiro atoms. The van der Waals surface area contributed by atoms with Gasteiger partial charge in [-0.3, -0.25) is 4.79 Å². The van der Waals surface area contributed by atoms with Crippen molar-refractivity contribution in [3.63, 3.8) is 0 Å². The van der Waals surface area contributed by atoms with Crippen LogP contribution in [0.25, 0.3) is 0 Å². The molecule has 2 aromatic rings. The fourth-order valence-corrected chi connectivity index (χ4v) is 3.17. The summed E-state index contributed by atoms with van der Waals surface area (Å²) in [6.45, 7) is 9.73. The van der Waals surface area contributed by atoms with E-state index >= 15 is 0 Å². The summed E-state index contributed by atoms with van der Waals surface area (Å²) < 4.78 is 11.2. The van der Waals surface area contributed by atoms with Gasteiger partial charge < -0.3 is 9.47 Å². The number of ether oxygens (including phenoxy) is 2. The molecule has 138 valence electrons. The molecule has 0 aromatic heterocycles. The monoisotopic (exact) mass is 352 g/mol. The molecule has 1 heterocycles. The Balaban J connectivity index is 1.61. The van der Waals surface area contributed by atoms with Crippen LogP contribution in [0.2, 0.25) is 0 Å². The maximum absolute atomic E-state index is 12.6. The van der Waals surface area contributed by atoms with Gasteiger partial charge in [0.05, 0.1) is 0 Å². The van der Waals surface area contributed by atoms with Crippen LogP contribution in [0.4, 0.5) is 0 Å². The van der Waals surface area contributed by atoms with Gasteiger partial charge in [-0.25, -0.2) is 0 Å². The Bertz CT molecular complexity index is 769. The maximum Gasteiger partial charge on any atom is 0.161 e. The van der Waals surface area contributed by atoms with E-state index in [-0.39, 0.29) is 17.1 Å². The highest BCUT2D eigenvalue weighted by Gasteiger charge is 2.19. The van der Waals surface area contributed by atoms with Gasteiger partial charge in [0.15, 0.2) is 11.5 Å². The van der Waals surface area contributed by atoms with Crippen molar-refractivity contribution in [2.75, 3.05) is 13.2 Å². The quantitative estimate of drug-likeness (QED) is 0.754. The molecule has 1 atom stereocenters. The summed E-state index contributed by atoms with van der Waals surface area (Å²) in [7, 11) is 0. The number of fused-ring (bicyclic) bond motifs is 1. The predicted octanol–water partition coefficient (Wildman–Crippen LogP) is 5.06. The Morgan fingerprint density at radius 2 is 1.65 bits per heavy atom. The van der Waals surface area contributed by atoms with Crippen molar-refractivity contribution in [1.82, 2.24) is 0 Å². The molecule has 0 saturated heterocycles. The molecule has 0 radical (unpaired) electrons. The second-order valence-electron chi connectivity index (χ2n) is 8.04. The van der Waals surface area contributed by atoms with Crippen molar-refractivity contribution in [2.24, 2.45) is 0 Å². The lowest BCUT2D eigenvalue weighted by Gasteiger charge is -2.20. The number of rotatable bonds is 5. The van der Waals surface area contributed by atoms with Crippen molar-refractivity contribution in [1.29, 1.82) is 0 Å². The second-order valence-corrected chi connectivity index (χ2v) is 8.04. The summed E-state index contributed by atoms with van der Waals surface area (Å²) in [5.41, 5.74) is 3.67. The minimum Gasteiger partial charge on any atom is -0.486 e. The van der Waals surface area contributed by atoms with Crippen LogP contribution >= 0.6 is 0 Å². The number of ketones is 1. The van der Waals surface area contributed by atoms with Crippen molar-refractivity contribution < 1.29 is 14.3 Å². The lowest BCUT2D eigenvalue weighted by Crippen LogP contribution is -2.16. The van der Waals surface area contributed by atoms with Gasteiger partial charge in [0.2, 0.25) is 0 Å². The predicted molar refractivity (Wildman–Crippen MR) is 104 cm³/mol. The lowest BCUT2D eigenvalue weighted by atomic mass is 9.86. The number of hydrogen-bond donors (Lipinski definition) is 0. The fraction of sp³-hybridized carbons (Fsp3) is 0.435. The fourth-order valence-electron chi connectivity index (χ4n) is 3.17. The van der Waals surface area contributed by atoms with Crippen molar-refractivity contribution >= 4 is 5.78 Å². The van der Waals surface area contributed by atoms with Crippen LogP contribution in [-0.2, 0) is 16.6 Å². The van der Waals surface area contributed by atoms with Gasteiger partial charge in [-0.05, 0) is 40.7 Å². The van der Waals surface area contributed by atoms with Crippen LogP contribution in [0.15, 0.2) is 42.5 Å². The molecule has 1 aliphatic heterocycles. The number of benzene rings is 2. The Morgan fingerprint density at radius 1 is 1.00 bits per heavy atom. The van der Waals surface area contributed by atoms with Gasteiger partial charge in [0.25, 0.3) is 0 Å². The molecule has 0 bridgehead atoms. The Kier molecular flexibility index (Phi) is 5.36. The zero-order chi connectivity index (χ0) is 18.7. The Morgan fingerprint density at radius 3 is 2.31 bits per heavy atom. The molecule has 3 heteroatoms. The number of carbonyl (C=O) groups is 1. The smallest absolute Gasteiger partial charge is 0.161 e. The summed E-state index contributed by atoms with van der Waals surface area (Å²) in [6.07, 6.45) is 1.32. The Labute approximate surface area is 156 Å². The molecule has 0 aliphatic carbocycles. The van der Waals surface area contributed by atoms with Gasteiger partial charge in [-0.2, -0.15) is 0 Å². The van der Waals surface area contributed by atoms with Crippen molar-refractivity contribution in [3.05, 3.63) is 59.2 Å². The summed E-state index contributed by atoms with van der Waals surface area (Å²) >= 11 is 0. The summed E-state index contributed by atoms with van der Waals surface area (Å²) in [4.78, 5) is 12.6. The minimum absolute atomic E-state index is 0.139. The van der Waals surface area contributed by atoms with E-state index in [1.807, 2.05) is 25.1 Å². The third kappa shape index (κ3) is 4.27. The first-order chi connectivity index (χ1) is 12.3. The van der Waals surface area contributed by atoms with E-state index in [1.54, 1.807) is 0 Å². The van der Waals surface area contributed by atoms with E-state index in [2.05, 4.69) is 45.0 Å². The van der Waals surface area contributed by atoms with Crippen LogP contribution in [0.1, 0.15) is 56.7 Å². The van der Waals surface area contributed by atoms with Crippen LogP contribution in [0.5, 0.6) is 11.5 Å². The largest absolute Gasteiger partial charge is 0.486 e. The van der Waals surface area contributed by atoms with Gasteiger partial charge in [0.1, 0.15) is 19.0 Å². The van der Waals surface area contributed by atoms with Crippen LogP contribution in [-0.4, -0.2) is 19.0 Å². The molecule has 3 nitrogen and oxygen atoms in total. The SMILES string of the molecule is CC(C(=O)CCc1ccc(C(C)(C)C)cc1)c1ccc2c(c1)OCCO2. The summed E-state index contributed by atoms with van der Waals surface area (Å²) in [6, 6.07) is 14.4. The average Bonchev–Trinajstić information content (AvgIpc) is 2.64. The van der Waals surface area contributed by atoms with Gasteiger partial charge in [-0.1, -0.05) is 58.0 Å². The standard InChI is InChI=1S/C23H28O3/c1-16(18-8-12-21-22(15-18)26-14-13-25-21)20(24)11-7-17-5-9-19(10-6-17)23(2,3)4/h5-6,8-10,12,15-16H,7,11,13-14H2,1-4H3. The summed E-state index contributed by atoms with van der Waals surface area (Å²) in [5.74, 6) is 1.62. The lowest BCUT2D eigenvalue weighted by molar-refractivity contribution is -0.120. The number of carbonyl (C=O) groups excluding carboxylic acids is 1. The van der Waals surface area contributed by atoms with E-state index in [0.29, 0.717) is 19.6 Å². The van der Waals surface area contributed by atoms with E-state index < -0.39 is 0 Å². The average molecular weight is 352 g/mol. The molecule has 1 aliphatic rings. The number of aryl methyl sites for hydroxylation is 1. The third-order valence-corrected chi connectivity index (χ3v) is 5.03. The van der Waals surface area contributed by atoms with Crippen molar-refractivity contribution in [3.8, 4) is 11.5 Å². The molecule has 0 fully saturated rings. The second kappa shape index (κ2) is 7.53. The summed E-state index contributed by atoms with van der Waals surface area (Å²) in [5, 5.41) is 0. The van der Waals surface area contributed by atoms with Crippen LogP contribution in [0, 0.1) is 0 Å². The first-order valence-electron chi connectivity index (χ1n) is 9.36. The van der Waals surface area contributed by atoms with E-state index in [1.165, 1.54) is 11.1 Å². The molecule has 2 aromatic carbocycles. The topological polar surface area (TPSA) is 35.5 Å². The molecule has 3 rings (SSSR count). The van der Waals surface area contributed by atoms with Gasteiger partial charge >= 0.3 is 0 Å². The first-order valence-corrected chi connectivity index (χ1v) is 9.36. The molecule has 0 N–H and O–H groups in total. The third-order valence-electron chi connectivity index (χ3n) is 5.03.